The van der Waals surface area contributed by atoms with Gasteiger partial charge < -0.3 is 14.8 Å². The van der Waals surface area contributed by atoms with Crippen molar-refractivity contribution >= 4 is 28.8 Å². The lowest BCUT2D eigenvalue weighted by Crippen LogP contribution is -2.33. The highest BCUT2D eigenvalue weighted by molar-refractivity contribution is 6.46. The standard InChI is InChI=1S/C26H24N2O4/c1-17(2)32-22-16-10-8-14-20(22)28-25(29)23(18-11-5-4-6-12-18)24(26(28)30)27-19-13-7-9-15-21(19)31-3/h4-17,27H,1-3H3. The van der Waals surface area contributed by atoms with Gasteiger partial charge in [0.05, 0.1) is 30.2 Å². The number of nitrogens with one attached hydrogen (secondary N) is 1. The van der Waals surface area contributed by atoms with Crippen LogP contribution in [0.2, 0.25) is 0 Å². The number of methoxy groups -OCH3 is 1. The minimum absolute atomic E-state index is 0.114. The van der Waals surface area contributed by atoms with Crippen molar-refractivity contribution in [3.8, 4) is 11.5 Å². The van der Waals surface area contributed by atoms with E-state index in [-0.39, 0.29) is 11.8 Å². The molecule has 162 valence electrons. The summed E-state index contributed by atoms with van der Waals surface area (Å²) in [4.78, 5) is 28.4. The van der Waals surface area contributed by atoms with Crippen LogP contribution in [0.3, 0.4) is 0 Å². The Morgan fingerprint density at radius 2 is 1.41 bits per heavy atom. The molecule has 1 heterocycles. The number of imide groups is 1. The molecule has 1 aliphatic rings. The van der Waals surface area contributed by atoms with Gasteiger partial charge in [0.15, 0.2) is 0 Å². The predicted octanol–water partition coefficient (Wildman–Crippen LogP) is 4.88. The molecule has 4 rings (SSSR count). The molecule has 0 spiro atoms. The van der Waals surface area contributed by atoms with Gasteiger partial charge in [-0.05, 0) is 43.7 Å². The number of para-hydroxylation sites is 4. The normalized spacial score (nSPS) is 13.7. The minimum Gasteiger partial charge on any atom is -0.495 e. The van der Waals surface area contributed by atoms with Crippen molar-refractivity contribution in [1.82, 2.24) is 0 Å². The second-order valence-corrected chi connectivity index (χ2v) is 7.52. The molecule has 2 amide bonds. The molecule has 0 atom stereocenters. The molecule has 0 saturated carbocycles. The molecule has 32 heavy (non-hydrogen) atoms. The molecule has 0 radical (unpaired) electrons. The van der Waals surface area contributed by atoms with Crippen molar-refractivity contribution in [2.45, 2.75) is 20.0 Å². The van der Waals surface area contributed by atoms with E-state index in [1.165, 1.54) is 0 Å². The summed E-state index contributed by atoms with van der Waals surface area (Å²) in [6.07, 6.45) is -0.114. The molecule has 1 N–H and O–H groups in total. The Labute approximate surface area is 187 Å². The summed E-state index contributed by atoms with van der Waals surface area (Å²) >= 11 is 0. The third kappa shape index (κ3) is 3.95. The SMILES string of the molecule is COc1ccccc1NC1=C(c2ccccc2)C(=O)N(c2ccccc2OC(C)C)C1=O. The second-order valence-electron chi connectivity index (χ2n) is 7.52. The number of benzene rings is 3. The maximum Gasteiger partial charge on any atom is 0.282 e. The van der Waals surface area contributed by atoms with Crippen LogP contribution in [-0.4, -0.2) is 25.0 Å². The Balaban J connectivity index is 1.83. The van der Waals surface area contributed by atoms with Crippen LogP contribution in [0.1, 0.15) is 19.4 Å². The molecule has 0 aromatic heterocycles. The van der Waals surface area contributed by atoms with E-state index in [2.05, 4.69) is 5.32 Å². The maximum absolute atomic E-state index is 13.6. The first-order valence-corrected chi connectivity index (χ1v) is 10.4. The van der Waals surface area contributed by atoms with E-state index in [1.807, 2.05) is 62.4 Å². The van der Waals surface area contributed by atoms with Crippen molar-refractivity contribution in [3.05, 3.63) is 90.1 Å². The van der Waals surface area contributed by atoms with Crippen molar-refractivity contribution in [3.63, 3.8) is 0 Å². The number of rotatable bonds is 7. The average molecular weight is 428 g/mol. The largest absolute Gasteiger partial charge is 0.495 e. The fourth-order valence-corrected chi connectivity index (χ4v) is 3.62. The van der Waals surface area contributed by atoms with E-state index in [9.17, 15) is 9.59 Å². The molecule has 3 aromatic rings. The van der Waals surface area contributed by atoms with Gasteiger partial charge in [-0.2, -0.15) is 0 Å². The summed E-state index contributed by atoms with van der Waals surface area (Å²) in [5, 5.41) is 3.15. The topological polar surface area (TPSA) is 67.9 Å². The van der Waals surface area contributed by atoms with E-state index < -0.39 is 11.8 Å². The average Bonchev–Trinajstić information content (AvgIpc) is 3.04. The number of ether oxygens (including phenoxy) is 2. The van der Waals surface area contributed by atoms with Gasteiger partial charge in [0.2, 0.25) is 0 Å². The fraction of sp³-hybridized carbons (Fsp3) is 0.154. The van der Waals surface area contributed by atoms with Crippen LogP contribution in [-0.2, 0) is 9.59 Å². The summed E-state index contributed by atoms with van der Waals surface area (Å²) in [6.45, 7) is 3.79. The Kier molecular flexibility index (Phi) is 5.94. The summed E-state index contributed by atoms with van der Waals surface area (Å²) in [7, 11) is 1.56. The van der Waals surface area contributed by atoms with Gasteiger partial charge in [-0.1, -0.05) is 54.6 Å². The lowest BCUT2D eigenvalue weighted by atomic mass is 10.0. The zero-order valence-corrected chi connectivity index (χ0v) is 18.2. The summed E-state index contributed by atoms with van der Waals surface area (Å²) in [5.41, 5.74) is 2.12. The molecular weight excluding hydrogens is 404 g/mol. The molecule has 0 fully saturated rings. The molecule has 0 unspecified atom stereocenters. The Bertz CT molecular complexity index is 1190. The quantitative estimate of drug-likeness (QED) is 0.544. The van der Waals surface area contributed by atoms with E-state index in [4.69, 9.17) is 9.47 Å². The third-order valence-corrected chi connectivity index (χ3v) is 4.98. The number of anilines is 2. The van der Waals surface area contributed by atoms with Crippen LogP contribution >= 0.6 is 0 Å². The van der Waals surface area contributed by atoms with Gasteiger partial charge in [0.25, 0.3) is 11.8 Å². The molecule has 1 aliphatic heterocycles. The number of hydrogen-bond acceptors (Lipinski definition) is 5. The van der Waals surface area contributed by atoms with Crippen molar-refractivity contribution in [1.29, 1.82) is 0 Å². The monoisotopic (exact) mass is 428 g/mol. The van der Waals surface area contributed by atoms with Gasteiger partial charge in [-0.25, -0.2) is 4.90 Å². The third-order valence-electron chi connectivity index (χ3n) is 4.98. The maximum atomic E-state index is 13.6. The fourth-order valence-electron chi connectivity index (χ4n) is 3.62. The van der Waals surface area contributed by atoms with Crippen molar-refractivity contribution < 1.29 is 19.1 Å². The lowest BCUT2D eigenvalue weighted by molar-refractivity contribution is -0.120. The second kappa shape index (κ2) is 8.98. The van der Waals surface area contributed by atoms with E-state index >= 15 is 0 Å². The molecule has 6 nitrogen and oxygen atoms in total. The molecule has 6 heteroatoms. The van der Waals surface area contributed by atoms with Gasteiger partial charge in [0.1, 0.15) is 17.2 Å². The number of amides is 2. The molecular formula is C26H24N2O4. The summed E-state index contributed by atoms with van der Waals surface area (Å²) < 4.78 is 11.3. The van der Waals surface area contributed by atoms with Crippen LogP contribution in [0.15, 0.2) is 84.6 Å². The summed E-state index contributed by atoms with van der Waals surface area (Å²) in [6, 6.07) is 23.5. The first-order valence-electron chi connectivity index (χ1n) is 10.4. The highest BCUT2D eigenvalue weighted by Crippen LogP contribution is 2.39. The van der Waals surface area contributed by atoms with E-state index in [0.29, 0.717) is 34.0 Å². The highest BCUT2D eigenvalue weighted by atomic mass is 16.5. The smallest absolute Gasteiger partial charge is 0.282 e. The highest BCUT2D eigenvalue weighted by Gasteiger charge is 2.41. The number of carbonyl (C=O) groups is 2. The van der Waals surface area contributed by atoms with Crippen LogP contribution in [0, 0.1) is 0 Å². The van der Waals surface area contributed by atoms with Crippen LogP contribution < -0.4 is 19.7 Å². The first-order chi connectivity index (χ1) is 15.5. The first kappa shape index (κ1) is 21.2. The molecule has 0 saturated heterocycles. The van der Waals surface area contributed by atoms with E-state index in [1.54, 1.807) is 37.4 Å². The molecule has 0 aliphatic carbocycles. The minimum atomic E-state index is -0.459. The zero-order valence-electron chi connectivity index (χ0n) is 18.2. The van der Waals surface area contributed by atoms with Gasteiger partial charge >= 0.3 is 0 Å². The number of nitrogens with zero attached hydrogens (tertiary/aromatic N) is 1. The van der Waals surface area contributed by atoms with Crippen LogP contribution in [0.4, 0.5) is 11.4 Å². The van der Waals surface area contributed by atoms with Gasteiger partial charge in [-0.15, -0.1) is 0 Å². The molecule has 3 aromatic carbocycles. The summed E-state index contributed by atoms with van der Waals surface area (Å²) in [5.74, 6) is 0.155. The Hall–Kier alpha value is -4.06. The predicted molar refractivity (Wildman–Crippen MR) is 125 cm³/mol. The number of hydrogen-bond donors (Lipinski definition) is 1. The lowest BCUT2D eigenvalue weighted by Gasteiger charge is -2.20. The zero-order chi connectivity index (χ0) is 22.7. The number of carbonyl (C=O) groups excluding carboxylic acids is 2. The van der Waals surface area contributed by atoms with Crippen molar-refractivity contribution in [2.75, 3.05) is 17.3 Å². The van der Waals surface area contributed by atoms with E-state index in [0.717, 1.165) is 4.90 Å². The van der Waals surface area contributed by atoms with Crippen LogP contribution in [0.25, 0.3) is 5.57 Å². The van der Waals surface area contributed by atoms with Gasteiger partial charge in [0, 0.05) is 0 Å². The Morgan fingerprint density at radius 3 is 2.09 bits per heavy atom. The Morgan fingerprint density at radius 1 is 0.781 bits per heavy atom. The van der Waals surface area contributed by atoms with Gasteiger partial charge in [-0.3, -0.25) is 9.59 Å². The molecule has 0 bridgehead atoms. The van der Waals surface area contributed by atoms with Crippen LogP contribution in [0.5, 0.6) is 11.5 Å². The van der Waals surface area contributed by atoms with Crippen molar-refractivity contribution in [2.24, 2.45) is 0 Å².